The monoisotopic (exact) mass is 169 g/mol. The third-order valence-corrected chi connectivity index (χ3v) is 2.49. The first-order chi connectivity index (χ1) is 5.83. The van der Waals surface area contributed by atoms with Crippen LogP contribution in [0.1, 0.15) is 38.5 Å². The summed E-state index contributed by atoms with van der Waals surface area (Å²) in [5.41, 5.74) is 0. The van der Waals surface area contributed by atoms with Crippen molar-refractivity contribution in [1.29, 1.82) is 0 Å². The standard InChI is InChI=1S/C10H17O2/c1-2-12-10(11)8-7-9-5-3-4-6-9/h9H,1-8H2. The molecule has 0 aromatic carbocycles. The van der Waals surface area contributed by atoms with E-state index >= 15 is 0 Å². The largest absolute Gasteiger partial charge is 0.466 e. The van der Waals surface area contributed by atoms with Gasteiger partial charge < -0.3 is 4.74 Å². The fourth-order valence-electron chi connectivity index (χ4n) is 1.81. The third-order valence-electron chi connectivity index (χ3n) is 2.49. The summed E-state index contributed by atoms with van der Waals surface area (Å²) in [7, 11) is 0. The average molecular weight is 169 g/mol. The summed E-state index contributed by atoms with van der Waals surface area (Å²) in [6.07, 6.45) is 6.89. The highest BCUT2D eigenvalue weighted by Crippen LogP contribution is 2.28. The van der Waals surface area contributed by atoms with Crippen molar-refractivity contribution in [3.63, 3.8) is 0 Å². The van der Waals surface area contributed by atoms with Crippen LogP contribution >= 0.6 is 0 Å². The second-order valence-electron chi connectivity index (χ2n) is 3.41. The van der Waals surface area contributed by atoms with Gasteiger partial charge in [-0.15, -0.1) is 0 Å². The van der Waals surface area contributed by atoms with Crippen molar-refractivity contribution < 1.29 is 9.53 Å². The summed E-state index contributed by atoms with van der Waals surface area (Å²) in [4.78, 5) is 10.9. The molecule has 12 heavy (non-hydrogen) atoms. The van der Waals surface area contributed by atoms with Crippen LogP contribution in [0.5, 0.6) is 0 Å². The lowest BCUT2D eigenvalue weighted by Gasteiger charge is -2.07. The van der Waals surface area contributed by atoms with Crippen molar-refractivity contribution in [2.24, 2.45) is 5.92 Å². The molecule has 1 fully saturated rings. The maximum absolute atomic E-state index is 10.9. The predicted molar refractivity (Wildman–Crippen MR) is 47.5 cm³/mol. The highest BCUT2D eigenvalue weighted by atomic mass is 16.5. The first kappa shape index (κ1) is 9.56. The summed E-state index contributed by atoms with van der Waals surface area (Å²) >= 11 is 0. The van der Waals surface area contributed by atoms with Crippen molar-refractivity contribution in [3.8, 4) is 0 Å². The summed E-state index contributed by atoms with van der Waals surface area (Å²) in [5.74, 6) is 0.694. The van der Waals surface area contributed by atoms with Crippen LogP contribution in [0.3, 0.4) is 0 Å². The lowest BCUT2D eigenvalue weighted by Crippen LogP contribution is -2.06. The number of rotatable bonds is 4. The minimum atomic E-state index is -0.0862. The zero-order valence-corrected chi connectivity index (χ0v) is 7.55. The molecule has 0 aromatic heterocycles. The van der Waals surface area contributed by atoms with Crippen LogP contribution in [0, 0.1) is 12.8 Å². The molecule has 0 bridgehead atoms. The Morgan fingerprint density at radius 1 is 1.42 bits per heavy atom. The first-order valence-electron chi connectivity index (χ1n) is 4.78. The van der Waals surface area contributed by atoms with E-state index in [1.807, 2.05) is 0 Å². The molecule has 2 heteroatoms. The number of carbonyl (C=O) groups is 1. The Morgan fingerprint density at radius 2 is 2.08 bits per heavy atom. The average Bonchev–Trinajstić information content (AvgIpc) is 2.53. The highest BCUT2D eigenvalue weighted by molar-refractivity contribution is 5.69. The number of ether oxygens (including phenoxy) is 1. The van der Waals surface area contributed by atoms with E-state index in [0.717, 1.165) is 12.3 Å². The van der Waals surface area contributed by atoms with E-state index in [0.29, 0.717) is 6.42 Å². The fourth-order valence-corrected chi connectivity index (χ4v) is 1.81. The van der Waals surface area contributed by atoms with Gasteiger partial charge in [0.2, 0.25) is 0 Å². The van der Waals surface area contributed by atoms with Crippen LogP contribution in [0.15, 0.2) is 0 Å². The molecule has 0 atom stereocenters. The molecule has 0 heterocycles. The molecule has 0 aliphatic heterocycles. The molecular formula is C10H17O2. The Kier molecular flexibility index (Phi) is 4.12. The van der Waals surface area contributed by atoms with Gasteiger partial charge in [-0.3, -0.25) is 4.79 Å². The molecule has 1 aliphatic rings. The SMILES string of the molecule is [CH2]COC(=O)CCC1CCCC1. The van der Waals surface area contributed by atoms with Crippen molar-refractivity contribution in [1.82, 2.24) is 0 Å². The number of hydrogen-bond donors (Lipinski definition) is 0. The maximum atomic E-state index is 10.9. The van der Waals surface area contributed by atoms with Crippen molar-refractivity contribution in [2.75, 3.05) is 6.61 Å². The smallest absolute Gasteiger partial charge is 0.305 e. The normalized spacial score (nSPS) is 18.1. The molecule has 2 nitrogen and oxygen atoms in total. The molecule has 69 valence electrons. The van der Waals surface area contributed by atoms with Crippen LogP contribution in [0.2, 0.25) is 0 Å². The van der Waals surface area contributed by atoms with Crippen LogP contribution in [-0.4, -0.2) is 12.6 Å². The van der Waals surface area contributed by atoms with Gasteiger partial charge in [0.1, 0.15) is 0 Å². The quantitative estimate of drug-likeness (QED) is 0.604. The number of carbonyl (C=O) groups excluding carboxylic acids is 1. The van der Waals surface area contributed by atoms with E-state index in [1.54, 1.807) is 0 Å². The molecule has 0 N–H and O–H groups in total. The Hall–Kier alpha value is -0.530. The van der Waals surface area contributed by atoms with Crippen molar-refractivity contribution in [3.05, 3.63) is 6.92 Å². The van der Waals surface area contributed by atoms with Crippen LogP contribution < -0.4 is 0 Å². The molecule has 0 unspecified atom stereocenters. The third kappa shape index (κ3) is 3.24. The van der Waals surface area contributed by atoms with E-state index in [-0.39, 0.29) is 12.6 Å². The van der Waals surface area contributed by atoms with E-state index < -0.39 is 0 Å². The van der Waals surface area contributed by atoms with Gasteiger partial charge in [-0.25, -0.2) is 0 Å². The Labute approximate surface area is 74.3 Å². The zero-order valence-electron chi connectivity index (χ0n) is 7.55. The molecule has 0 aromatic rings. The second kappa shape index (κ2) is 5.18. The van der Waals surface area contributed by atoms with E-state index in [9.17, 15) is 4.79 Å². The molecular weight excluding hydrogens is 152 g/mol. The zero-order chi connectivity index (χ0) is 8.81. The number of esters is 1. The first-order valence-corrected chi connectivity index (χ1v) is 4.78. The van der Waals surface area contributed by atoms with Gasteiger partial charge >= 0.3 is 5.97 Å². The summed E-state index contributed by atoms with van der Waals surface area (Å²) < 4.78 is 4.75. The van der Waals surface area contributed by atoms with Crippen LogP contribution in [0.4, 0.5) is 0 Å². The molecule has 1 rings (SSSR count). The Bertz CT molecular complexity index is 137. The van der Waals surface area contributed by atoms with Gasteiger partial charge in [-0.05, 0) is 19.3 Å². The lowest BCUT2D eigenvalue weighted by molar-refractivity contribution is -0.142. The summed E-state index contributed by atoms with van der Waals surface area (Å²) in [5, 5.41) is 0. The summed E-state index contributed by atoms with van der Waals surface area (Å²) in [6.45, 7) is 3.73. The molecule has 0 spiro atoms. The Balaban J connectivity index is 2.03. The predicted octanol–water partition coefficient (Wildman–Crippen LogP) is 2.33. The van der Waals surface area contributed by atoms with E-state index in [1.165, 1.54) is 25.7 Å². The van der Waals surface area contributed by atoms with E-state index in [4.69, 9.17) is 4.74 Å². The van der Waals surface area contributed by atoms with Crippen LogP contribution in [-0.2, 0) is 9.53 Å². The minimum absolute atomic E-state index is 0.0862. The lowest BCUT2D eigenvalue weighted by atomic mass is 10.0. The Morgan fingerprint density at radius 3 is 2.67 bits per heavy atom. The molecule has 1 saturated carbocycles. The van der Waals surface area contributed by atoms with Crippen molar-refractivity contribution >= 4 is 5.97 Å². The number of hydrogen-bond acceptors (Lipinski definition) is 2. The summed E-state index contributed by atoms with van der Waals surface area (Å²) in [6, 6.07) is 0. The van der Waals surface area contributed by atoms with Gasteiger partial charge in [0, 0.05) is 6.42 Å². The van der Waals surface area contributed by atoms with Crippen LogP contribution in [0.25, 0.3) is 0 Å². The molecule has 1 radical (unpaired) electrons. The highest BCUT2D eigenvalue weighted by Gasteiger charge is 2.16. The van der Waals surface area contributed by atoms with Gasteiger partial charge in [0.05, 0.1) is 6.61 Å². The second-order valence-corrected chi connectivity index (χ2v) is 3.41. The van der Waals surface area contributed by atoms with Gasteiger partial charge in [-0.1, -0.05) is 25.7 Å². The molecule has 0 saturated heterocycles. The van der Waals surface area contributed by atoms with Gasteiger partial charge in [-0.2, -0.15) is 0 Å². The van der Waals surface area contributed by atoms with E-state index in [2.05, 4.69) is 6.92 Å². The van der Waals surface area contributed by atoms with Crippen molar-refractivity contribution in [2.45, 2.75) is 38.5 Å². The topological polar surface area (TPSA) is 26.3 Å². The maximum Gasteiger partial charge on any atom is 0.305 e. The fraction of sp³-hybridized carbons (Fsp3) is 0.800. The van der Waals surface area contributed by atoms with Gasteiger partial charge in [0.25, 0.3) is 0 Å². The molecule has 0 amide bonds. The van der Waals surface area contributed by atoms with Gasteiger partial charge in [0.15, 0.2) is 0 Å². The molecule has 1 aliphatic carbocycles. The minimum Gasteiger partial charge on any atom is -0.466 e.